The summed E-state index contributed by atoms with van der Waals surface area (Å²) >= 11 is 0. The Kier molecular flexibility index (Phi) is 2.61. The van der Waals surface area contributed by atoms with Crippen molar-refractivity contribution in [2.75, 3.05) is 0 Å². The molecule has 0 saturated heterocycles. The predicted molar refractivity (Wildman–Crippen MR) is 69.2 cm³/mol. The summed E-state index contributed by atoms with van der Waals surface area (Å²) in [6.07, 6.45) is 4.32. The number of aromatic nitrogens is 1. The third-order valence-corrected chi connectivity index (χ3v) is 3.18. The number of para-hydroxylation sites is 1. The van der Waals surface area contributed by atoms with E-state index in [1.807, 2.05) is 37.3 Å². The second-order valence-electron chi connectivity index (χ2n) is 4.32. The molecule has 18 heavy (non-hydrogen) atoms. The van der Waals surface area contributed by atoms with Gasteiger partial charge in [-0.05, 0) is 24.6 Å². The van der Waals surface area contributed by atoms with Gasteiger partial charge in [0, 0.05) is 28.9 Å². The summed E-state index contributed by atoms with van der Waals surface area (Å²) in [5.41, 5.74) is 3.39. The van der Waals surface area contributed by atoms with Crippen LogP contribution < -0.4 is 0 Å². The first-order valence-electron chi connectivity index (χ1n) is 5.82. The zero-order valence-corrected chi connectivity index (χ0v) is 10.00. The molecule has 1 N–H and O–H groups in total. The van der Waals surface area contributed by atoms with Crippen LogP contribution in [0, 0.1) is 6.92 Å². The van der Waals surface area contributed by atoms with Crippen molar-refractivity contribution < 1.29 is 9.52 Å². The van der Waals surface area contributed by atoms with Crippen molar-refractivity contribution in [3.05, 3.63) is 65.7 Å². The molecule has 3 nitrogen and oxygen atoms in total. The molecule has 0 aliphatic carbocycles. The fraction of sp³-hybridized carbons (Fsp3) is 0.133. The van der Waals surface area contributed by atoms with Crippen LogP contribution in [0.5, 0.6) is 0 Å². The lowest BCUT2D eigenvalue weighted by molar-refractivity contribution is 0.219. The molecule has 1 atom stereocenters. The molecule has 3 aromatic rings. The lowest BCUT2D eigenvalue weighted by Crippen LogP contribution is -2.01. The lowest BCUT2D eigenvalue weighted by atomic mass is 9.99. The van der Waals surface area contributed by atoms with Gasteiger partial charge in [0.25, 0.3) is 0 Å². The van der Waals surface area contributed by atoms with Crippen LogP contribution in [0.2, 0.25) is 0 Å². The highest BCUT2D eigenvalue weighted by Crippen LogP contribution is 2.31. The van der Waals surface area contributed by atoms with Gasteiger partial charge in [-0.2, -0.15) is 0 Å². The van der Waals surface area contributed by atoms with Gasteiger partial charge in [-0.3, -0.25) is 4.98 Å². The van der Waals surface area contributed by atoms with Gasteiger partial charge in [-0.25, -0.2) is 0 Å². The topological polar surface area (TPSA) is 46.3 Å². The molecule has 90 valence electrons. The van der Waals surface area contributed by atoms with Gasteiger partial charge in [0.2, 0.25) is 0 Å². The SMILES string of the molecule is Cc1ccncc1C(O)c1coc2ccccc12. The summed E-state index contributed by atoms with van der Waals surface area (Å²) in [6, 6.07) is 9.58. The quantitative estimate of drug-likeness (QED) is 0.746. The van der Waals surface area contributed by atoms with Crippen molar-refractivity contribution in [2.45, 2.75) is 13.0 Å². The Morgan fingerprint density at radius 3 is 2.83 bits per heavy atom. The number of nitrogens with zero attached hydrogens (tertiary/aromatic N) is 1. The average molecular weight is 239 g/mol. The smallest absolute Gasteiger partial charge is 0.134 e. The number of aliphatic hydroxyl groups is 1. The first-order valence-corrected chi connectivity index (χ1v) is 5.82. The molecule has 2 heterocycles. The largest absolute Gasteiger partial charge is 0.464 e. The molecule has 3 heteroatoms. The average Bonchev–Trinajstić information content (AvgIpc) is 2.82. The van der Waals surface area contributed by atoms with Gasteiger partial charge in [-0.15, -0.1) is 0 Å². The third kappa shape index (κ3) is 1.69. The van der Waals surface area contributed by atoms with E-state index in [9.17, 15) is 5.11 Å². The number of aliphatic hydroxyl groups excluding tert-OH is 1. The van der Waals surface area contributed by atoms with Crippen LogP contribution in [0.3, 0.4) is 0 Å². The molecule has 3 rings (SSSR count). The van der Waals surface area contributed by atoms with Crippen molar-refractivity contribution in [2.24, 2.45) is 0 Å². The van der Waals surface area contributed by atoms with Gasteiger partial charge in [0.1, 0.15) is 11.7 Å². The highest BCUT2D eigenvalue weighted by atomic mass is 16.3. The van der Waals surface area contributed by atoms with Gasteiger partial charge in [-0.1, -0.05) is 18.2 Å². The highest BCUT2D eigenvalue weighted by Gasteiger charge is 2.17. The minimum Gasteiger partial charge on any atom is -0.464 e. The number of rotatable bonds is 2. The van der Waals surface area contributed by atoms with E-state index in [4.69, 9.17) is 4.42 Å². The number of pyridine rings is 1. The molecule has 0 spiro atoms. The minimum absolute atomic E-state index is 0.706. The number of hydrogen-bond donors (Lipinski definition) is 1. The number of benzene rings is 1. The van der Waals surface area contributed by atoms with E-state index in [-0.39, 0.29) is 0 Å². The summed E-state index contributed by atoms with van der Waals surface area (Å²) in [5, 5.41) is 11.4. The summed E-state index contributed by atoms with van der Waals surface area (Å²) < 4.78 is 5.45. The maximum Gasteiger partial charge on any atom is 0.134 e. The van der Waals surface area contributed by atoms with Crippen molar-refractivity contribution in [1.29, 1.82) is 0 Å². The van der Waals surface area contributed by atoms with Crippen LogP contribution >= 0.6 is 0 Å². The van der Waals surface area contributed by atoms with Crippen LogP contribution in [0.1, 0.15) is 22.8 Å². The zero-order chi connectivity index (χ0) is 12.5. The predicted octanol–water partition coefficient (Wildman–Crippen LogP) is 3.22. The Morgan fingerprint density at radius 1 is 1.17 bits per heavy atom. The molecular formula is C15H13NO2. The summed E-state index contributed by atoms with van der Waals surface area (Å²) in [4.78, 5) is 4.07. The molecule has 0 aliphatic heterocycles. The summed E-state index contributed by atoms with van der Waals surface area (Å²) in [5.74, 6) is 0. The molecule has 0 aliphatic rings. The van der Waals surface area contributed by atoms with Crippen LogP contribution in [0.4, 0.5) is 0 Å². The number of furan rings is 1. The van der Waals surface area contributed by atoms with E-state index in [0.717, 1.165) is 27.7 Å². The van der Waals surface area contributed by atoms with Gasteiger partial charge < -0.3 is 9.52 Å². The fourth-order valence-electron chi connectivity index (χ4n) is 2.14. The van der Waals surface area contributed by atoms with Crippen LogP contribution in [-0.2, 0) is 0 Å². The monoisotopic (exact) mass is 239 g/mol. The molecule has 0 bridgehead atoms. The minimum atomic E-state index is -0.706. The molecule has 2 aromatic heterocycles. The van der Waals surface area contributed by atoms with Gasteiger partial charge in [0.15, 0.2) is 0 Å². The molecule has 0 saturated carbocycles. The van der Waals surface area contributed by atoms with E-state index >= 15 is 0 Å². The van der Waals surface area contributed by atoms with Crippen molar-refractivity contribution in [3.8, 4) is 0 Å². The van der Waals surface area contributed by atoms with Gasteiger partial charge in [0.05, 0.1) is 6.26 Å². The summed E-state index contributed by atoms with van der Waals surface area (Å²) in [7, 11) is 0. The second kappa shape index (κ2) is 4.27. The number of aryl methyl sites for hydroxylation is 1. The lowest BCUT2D eigenvalue weighted by Gasteiger charge is -2.11. The Balaban J connectivity index is 2.13. The van der Waals surface area contributed by atoms with Gasteiger partial charge >= 0.3 is 0 Å². The van der Waals surface area contributed by atoms with Crippen molar-refractivity contribution in [1.82, 2.24) is 4.98 Å². The first-order chi connectivity index (χ1) is 8.77. The zero-order valence-electron chi connectivity index (χ0n) is 10.00. The molecule has 0 amide bonds. The Morgan fingerprint density at radius 2 is 2.00 bits per heavy atom. The Bertz CT molecular complexity index is 688. The first kappa shape index (κ1) is 11.0. The summed E-state index contributed by atoms with van der Waals surface area (Å²) in [6.45, 7) is 1.96. The molecule has 0 radical (unpaired) electrons. The standard InChI is InChI=1S/C15H13NO2/c1-10-6-7-16-8-12(10)15(17)13-9-18-14-5-3-2-4-11(13)14/h2-9,15,17H,1H3. The Labute approximate surface area is 105 Å². The van der Waals surface area contributed by atoms with Crippen LogP contribution in [0.25, 0.3) is 11.0 Å². The van der Waals surface area contributed by atoms with Crippen molar-refractivity contribution >= 4 is 11.0 Å². The van der Waals surface area contributed by atoms with E-state index in [2.05, 4.69) is 4.98 Å². The van der Waals surface area contributed by atoms with E-state index in [1.54, 1.807) is 18.7 Å². The molecular weight excluding hydrogens is 226 g/mol. The molecule has 0 fully saturated rings. The van der Waals surface area contributed by atoms with Crippen LogP contribution in [0.15, 0.2) is 53.4 Å². The van der Waals surface area contributed by atoms with Crippen molar-refractivity contribution in [3.63, 3.8) is 0 Å². The molecule has 1 unspecified atom stereocenters. The maximum atomic E-state index is 10.5. The van der Waals surface area contributed by atoms with Crippen LogP contribution in [-0.4, -0.2) is 10.1 Å². The van der Waals surface area contributed by atoms with E-state index in [1.165, 1.54) is 0 Å². The Hall–Kier alpha value is -2.13. The highest BCUT2D eigenvalue weighted by molar-refractivity contribution is 5.81. The van der Waals surface area contributed by atoms with E-state index in [0.29, 0.717) is 0 Å². The number of hydrogen-bond acceptors (Lipinski definition) is 3. The second-order valence-corrected chi connectivity index (χ2v) is 4.32. The maximum absolute atomic E-state index is 10.5. The third-order valence-electron chi connectivity index (χ3n) is 3.18. The fourth-order valence-corrected chi connectivity index (χ4v) is 2.14. The molecule has 1 aromatic carbocycles. The number of fused-ring (bicyclic) bond motifs is 1. The van der Waals surface area contributed by atoms with E-state index < -0.39 is 6.10 Å². The normalized spacial score (nSPS) is 12.8.